The molecule has 0 unspecified atom stereocenters. The highest BCUT2D eigenvalue weighted by Crippen LogP contribution is 2.01. The Morgan fingerprint density at radius 1 is 1.57 bits per heavy atom. The number of rotatable bonds is 2. The Hall–Kier alpha value is -1.95. The van der Waals surface area contributed by atoms with Crippen LogP contribution in [0.4, 0.5) is 0 Å². The summed E-state index contributed by atoms with van der Waals surface area (Å²) in [5.74, 6) is 0.480. The molecule has 0 saturated carbocycles. The summed E-state index contributed by atoms with van der Waals surface area (Å²) in [6.45, 7) is 0.420. The van der Waals surface area contributed by atoms with Crippen LogP contribution >= 0.6 is 0 Å². The molecule has 2 aromatic rings. The fourth-order valence-corrected chi connectivity index (χ4v) is 1.07. The van der Waals surface area contributed by atoms with Crippen molar-refractivity contribution in [2.45, 2.75) is 6.54 Å². The number of aromatic amines is 1. The number of hydrogen-bond donors (Lipinski definition) is 2. The second-order valence-electron chi connectivity index (χ2n) is 2.77. The summed E-state index contributed by atoms with van der Waals surface area (Å²) in [7, 11) is 0. The highest BCUT2D eigenvalue weighted by Gasteiger charge is 2.00. The van der Waals surface area contributed by atoms with Gasteiger partial charge in [0.25, 0.3) is 5.56 Å². The van der Waals surface area contributed by atoms with Crippen molar-refractivity contribution < 1.29 is 0 Å². The average molecular weight is 191 g/mol. The molecule has 2 heterocycles. The van der Waals surface area contributed by atoms with E-state index in [0.29, 0.717) is 12.4 Å². The maximum Gasteiger partial charge on any atom is 0.252 e. The number of nitrogens with zero attached hydrogens (tertiary/aromatic N) is 3. The number of nitrogens with one attached hydrogen (secondary N) is 1. The van der Waals surface area contributed by atoms with Crippen molar-refractivity contribution in [1.29, 1.82) is 0 Å². The van der Waals surface area contributed by atoms with Crippen molar-refractivity contribution in [1.82, 2.24) is 19.7 Å². The van der Waals surface area contributed by atoms with Crippen LogP contribution in [0.1, 0.15) is 5.56 Å². The Morgan fingerprint density at radius 3 is 3.07 bits per heavy atom. The van der Waals surface area contributed by atoms with E-state index in [0.717, 1.165) is 5.56 Å². The lowest BCUT2D eigenvalue weighted by atomic mass is 10.4. The summed E-state index contributed by atoms with van der Waals surface area (Å²) >= 11 is 0. The van der Waals surface area contributed by atoms with Crippen molar-refractivity contribution in [3.8, 4) is 5.82 Å². The van der Waals surface area contributed by atoms with Gasteiger partial charge in [-0.25, -0.2) is 9.67 Å². The van der Waals surface area contributed by atoms with E-state index in [1.54, 1.807) is 12.4 Å². The van der Waals surface area contributed by atoms with Crippen LogP contribution in [0.5, 0.6) is 0 Å². The highest BCUT2D eigenvalue weighted by molar-refractivity contribution is 5.19. The Kier molecular flexibility index (Phi) is 2.11. The van der Waals surface area contributed by atoms with Crippen molar-refractivity contribution in [2.24, 2.45) is 5.73 Å². The van der Waals surface area contributed by atoms with Crippen LogP contribution in [0, 0.1) is 0 Å². The fraction of sp³-hybridized carbons (Fsp3) is 0.125. The van der Waals surface area contributed by atoms with Crippen molar-refractivity contribution in [3.05, 3.63) is 40.7 Å². The van der Waals surface area contributed by atoms with E-state index in [4.69, 9.17) is 5.73 Å². The molecule has 0 aromatic carbocycles. The van der Waals surface area contributed by atoms with E-state index in [9.17, 15) is 4.79 Å². The molecule has 72 valence electrons. The summed E-state index contributed by atoms with van der Waals surface area (Å²) in [6, 6.07) is 1.37. The first-order valence-corrected chi connectivity index (χ1v) is 4.08. The van der Waals surface area contributed by atoms with Crippen LogP contribution in [0.3, 0.4) is 0 Å². The zero-order valence-corrected chi connectivity index (χ0v) is 7.34. The second kappa shape index (κ2) is 3.43. The van der Waals surface area contributed by atoms with Crippen molar-refractivity contribution in [3.63, 3.8) is 0 Å². The van der Waals surface area contributed by atoms with Crippen LogP contribution in [0.15, 0.2) is 29.6 Å². The van der Waals surface area contributed by atoms with E-state index >= 15 is 0 Å². The minimum atomic E-state index is -0.209. The molecule has 0 atom stereocenters. The van der Waals surface area contributed by atoms with E-state index < -0.39 is 0 Å². The summed E-state index contributed by atoms with van der Waals surface area (Å²) in [6.07, 6.45) is 4.71. The third-order valence-electron chi connectivity index (χ3n) is 1.77. The summed E-state index contributed by atoms with van der Waals surface area (Å²) in [4.78, 5) is 17.4. The molecular weight excluding hydrogens is 182 g/mol. The van der Waals surface area contributed by atoms with Gasteiger partial charge >= 0.3 is 0 Å². The summed E-state index contributed by atoms with van der Waals surface area (Å²) in [5.41, 5.74) is 6.12. The molecule has 2 aromatic heterocycles. The molecule has 3 N–H and O–H groups in total. The molecule has 0 aliphatic heterocycles. The van der Waals surface area contributed by atoms with Crippen molar-refractivity contribution in [2.75, 3.05) is 0 Å². The van der Waals surface area contributed by atoms with E-state index in [2.05, 4.69) is 15.1 Å². The van der Waals surface area contributed by atoms with E-state index in [1.165, 1.54) is 17.1 Å². The largest absolute Gasteiger partial charge is 0.326 e. The molecule has 0 aliphatic rings. The number of aromatic nitrogens is 4. The molecule has 0 spiro atoms. The van der Waals surface area contributed by atoms with Gasteiger partial charge in [-0.05, 0) is 0 Å². The normalized spacial score (nSPS) is 10.4. The third-order valence-corrected chi connectivity index (χ3v) is 1.77. The van der Waals surface area contributed by atoms with Crippen molar-refractivity contribution >= 4 is 0 Å². The fourth-order valence-electron chi connectivity index (χ4n) is 1.07. The Balaban J connectivity index is 2.44. The van der Waals surface area contributed by atoms with Crippen LogP contribution in [0.25, 0.3) is 5.82 Å². The lowest BCUT2D eigenvalue weighted by Gasteiger charge is -1.96. The molecular formula is C8H9N5O. The molecule has 0 bridgehead atoms. The topological polar surface area (TPSA) is 89.6 Å². The van der Waals surface area contributed by atoms with Gasteiger partial charge in [0.05, 0.1) is 12.5 Å². The SMILES string of the molecule is NCc1cnn(-c2cc(=O)[nH]cn2)c1. The predicted molar refractivity (Wildman–Crippen MR) is 49.9 cm³/mol. The van der Waals surface area contributed by atoms with Gasteiger partial charge in [0.2, 0.25) is 0 Å². The number of nitrogens with two attached hydrogens (primary N) is 1. The molecule has 6 heteroatoms. The zero-order chi connectivity index (χ0) is 9.97. The molecule has 0 fully saturated rings. The summed E-state index contributed by atoms with van der Waals surface area (Å²) in [5, 5.41) is 4.02. The smallest absolute Gasteiger partial charge is 0.252 e. The van der Waals surface area contributed by atoms with Gasteiger partial charge in [-0.2, -0.15) is 5.10 Å². The van der Waals surface area contributed by atoms with Gasteiger partial charge in [0, 0.05) is 24.4 Å². The zero-order valence-electron chi connectivity index (χ0n) is 7.34. The first-order chi connectivity index (χ1) is 6.79. The Labute approximate surface area is 79.4 Å². The molecule has 0 aliphatic carbocycles. The third kappa shape index (κ3) is 1.55. The molecule has 0 saturated heterocycles. The first-order valence-electron chi connectivity index (χ1n) is 4.08. The minimum absolute atomic E-state index is 0.209. The van der Waals surface area contributed by atoms with E-state index in [-0.39, 0.29) is 5.56 Å². The van der Waals surface area contributed by atoms with Gasteiger partial charge < -0.3 is 10.7 Å². The lowest BCUT2D eigenvalue weighted by Crippen LogP contribution is -2.08. The quantitative estimate of drug-likeness (QED) is 0.664. The Bertz CT molecular complexity index is 486. The van der Waals surface area contributed by atoms with Crippen LogP contribution in [-0.4, -0.2) is 19.7 Å². The maximum atomic E-state index is 11.0. The number of H-pyrrole nitrogens is 1. The van der Waals surface area contributed by atoms with Gasteiger partial charge in [-0.15, -0.1) is 0 Å². The predicted octanol–water partition coefficient (Wildman–Crippen LogP) is -0.586. The molecule has 14 heavy (non-hydrogen) atoms. The van der Waals surface area contributed by atoms with Gasteiger partial charge in [-0.3, -0.25) is 4.79 Å². The van der Waals surface area contributed by atoms with Crippen LogP contribution in [0.2, 0.25) is 0 Å². The Morgan fingerprint density at radius 2 is 2.43 bits per heavy atom. The highest BCUT2D eigenvalue weighted by atomic mass is 16.1. The molecule has 0 radical (unpaired) electrons. The van der Waals surface area contributed by atoms with Crippen LogP contribution in [-0.2, 0) is 6.54 Å². The van der Waals surface area contributed by atoms with Gasteiger partial charge in [0.15, 0.2) is 5.82 Å². The monoisotopic (exact) mass is 191 g/mol. The standard InChI is InChI=1S/C8H9N5O/c9-2-6-3-12-13(4-6)7-1-8(14)11-5-10-7/h1,3-5H,2,9H2,(H,10,11,14). The van der Waals surface area contributed by atoms with E-state index in [1.807, 2.05) is 0 Å². The summed E-state index contributed by atoms with van der Waals surface area (Å²) < 4.78 is 1.51. The lowest BCUT2D eigenvalue weighted by molar-refractivity contribution is 0.834. The maximum absolute atomic E-state index is 11.0. The van der Waals surface area contributed by atoms with Gasteiger partial charge in [-0.1, -0.05) is 0 Å². The minimum Gasteiger partial charge on any atom is -0.326 e. The van der Waals surface area contributed by atoms with Gasteiger partial charge in [0.1, 0.15) is 0 Å². The van der Waals surface area contributed by atoms with Crippen LogP contribution < -0.4 is 11.3 Å². The molecule has 6 nitrogen and oxygen atoms in total. The average Bonchev–Trinajstić information content (AvgIpc) is 2.66. The molecule has 0 amide bonds. The molecule has 2 rings (SSSR count). The number of hydrogen-bond acceptors (Lipinski definition) is 4. The second-order valence-corrected chi connectivity index (χ2v) is 2.77. The first kappa shape index (κ1) is 8.64.